The lowest BCUT2D eigenvalue weighted by Gasteiger charge is -2.51. The van der Waals surface area contributed by atoms with Crippen LogP contribution in [0.2, 0.25) is 0 Å². The van der Waals surface area contributed by atoms with E-state index in [0.29, 0.717) is 44.7 Å². The number of aromatic nitrogens is 1. The highest BCUT2D eigenvalue weighted by atomic mass is 19.1. The van der Waals surface area contributed by atoms with Crippen LogP contribution in [0.3, 0.4) is 0 Å². The first-order valence-corrected chi connectivity index (χ1v) is 16.0. The Kier molecular flexibility index (Phi) is 8.87. The molecule has 0 radical (unpaired) electrons. The van der Waals surface area contributed by atoms with E-state index >= 15 is 0 Å². The molecule has 2 atom stereocenters. The number of likely N-dealkylation sites (tertiary alicyclic amines) is 1. The topological polar surface area (TPSA) is 71.7 Å². The number of piperidine rings is 1. The van der Waals surface area contributed by atoms with Crippen LogP contribution in [-0.2, 0) is 6.54 Å². The molecule has 2 saturated heterocycles. The summed E-state index contributed by atoms with van der Waals surface area (Å²) < 4.78 is 28.7. The van der Waals surface area contributed by atoms with Gasteiger partial charge < -0.3 is 20.1 Å². The summed E-state index contributed by atoms with van der Waals surface area (Å²) in [5.41, 5.74) is 2.71. The van der Waals surface area contributed by atoms with Crippen LogP contribution in [0.25, 0.3) is 11.3 Å². The molecule has 1 aliphatic carbocycles. The Hall–Kier alpha value is -3.56. The van der Waals surface area contributed by atoms with Crippen LogP contribution >= 0.6 is 0 Å². The Balaban J connectivity index is 1.21. The molecule has 2 N–H and O–H groups in total. The molecule has 234 valence electrons. The zero-order valence-electron chi connectivity index (χ0n) is 25.7. The third kappa shape index (κ3) is 6.44. The van der Waals surface area contributed by atoms with E-state index in [1.54, 1.807) is 0 Å². The second kappa shape index (κ2) is 12.8. The van der Waals surface area contributed by atoms with E-state index in [2.05, 4.69) is 29.0 Å². The van der Waals surface area contributed by atoms with E-state index in [1.807, 2.05) is 52.3 Å². The van der Waals surface area contributed by atoms with Gasteiger partial charge in [-0.15, -0.1) is 0 Å². The van der Waals surface area contributed by atoms with Crippen LogP contribution in [0.15, 0.2) is 65.5 Å². The molecule has 44 heavy (non-hydrogen) atoms. The predicted molar refractivity (Wildman–Crippen MR) is 168 cm³/mol. The minimum absolute atomic E-state index is 0.0707. The average molecular weight is 604 g/mol. The minimum atomic E-state index is -0.628. The van der Waals surface area contributed by atoms with Crippen LogP contribution in [0, 0.1) is 11.6 Å². The van der Waals surface area contributed by atoms with Crippen LogP contribution < -0.4 is 10.9 Å². The Morgan fingerprint density at radius 2 is 1.73 bits per heavy atom. The molecule has 6 rings (SSSR count). The highest BCUT2D eigenvalue weighted by Crippen LogP contribution is 2.40. The predicted octanol–water partition coefficient (Wildman–Crippen LogP) is 6.07. The van der Waals surface area contributed by atoms with Crippen LogP contribution in [0.1, 0.15) is 69.5 Å². The Bertz CT molecular complexity index is 1500. The first-order valence-electron chi connectivity index (χ1n) is 16.0. The van der Waals surface area contributed by atoms with Crippen LogP contribution in [-0.4, -0.2) is 69.5 Å². The van der Waals surface area contributed by atoms with Crippen molar-refractivity contribution in [3.8, 4) is 11.3 Å². The molecular weight excluding hydrogens is 560 g/mol. The molecule has 1 aromatic heterocycles. The van der Waals surface area contributed by atoms with Crippen molar-refractivity contribution in [2.24, 2.45) is 0 Å². The van der Waals surface area contributed by atoms with Crippen molar-refractivity contribution in [3.05, 3.63) is 93.8 Å². The summed E-state index contributed by atoms with van der Waals surface area (Å²) in [7, 11) is 0. The van der Waals surface area contributed by atoms with Crippen molar-refractivity contribution >= 4 is 6.03 Å². The molecule has 3 aliphatic rings. The lowest BCUT2D eigenvalue weighted by molar-refractivity contribution is -0.00244. The SMILES string of the molecule is CC(C)NC1CCN(C(=O)N2CCN(Cc3ccc(-c4ccccc4)[nH]c3=O)C3(CCCC3)C2)C(c2cc(F)cc(F)c2)C1. The number of urea groups is 1. The fourth-order valence-electron chi connectivity index (χ4n) is 7.63. The van der Waals surface area contributed by atoms with Gasteiger partial charge in [0.25, 0.3) is 5.56 Å². The molecule has 2 unspecified atom stereocenters. The van der Waals surface area contributed by atoms with E-state index in [-0.39, 0.29) is 29.2 Å². The van der Waals surface area contributed by atoms with Gasteiger partial charge in [-0.1, -0.05) is 63.1 Å². The lowest BCUT2D eigenvalue weighted by Crippen LogP contribution is -2.64. The third-order valence-corrected chi connectivity index (χ3v) is 9.72. The smallest absolute Gasteiger partial charge is 0.320 e. The van der Waals surface area contributed by atoms with Gasteiger partial charge in [0.15, 0.2) is 0 Å². The molecule has 1 saturated carbocycles. The summed E-state index contributed by atoms with van der Waals surface area (Å²) in [5, 5.41) is 3.56. The Labute approximate surface area is 258 Å². The standard InChI is InChI=1S/C35H43F2N5O2/c1-24(2)38-30-12-15-42(32(21-30)27-18-28(36)20-29(37)19-27)34(44)40-16-17-41(35(23-40)13-6-7-14-35)22-26-10-11-31(39-33(26)43)25-8-4-3-5-9-25/h3-5,8-11,18-20,24,30,32,38H,6-7,12-17,21-23H2,1-2H3,(H,39,43). The number of halogens is 2. The highest BCUT2D eigenvalue weighted by Gasteiger charge is 2.46. The summed E-state index contributed by atoms with van der Waals surface area (Å²) in [6.45, 7) is 7.00. The highest BCUT2D eigenvalue weighted by molar-refractivity contribution is 5.75. The van der Waals surface area contributed by atoms with Crippen molar-refractivity contribution in [2.45, 2.75) is 82.6 Å². The summed E-state index contributed by atoms with van der Waals surface area (Å²) in [4.78, 5) is 36.7. The number of piperazine rings is 1. The number of hydrogen-bond donors (Lipinski definition) is 2. The van der Waals surface area contributed by atoms with Crippen molar-refractivity contribution in [2.75, 3.05) is 26.2 Å². The Morgan fingerprint density at radius 1 is 1.00 bits per heavy atom. The van der Waals surface area contributed by atoms with Gasteiger partial charge in [-0.2, -0.15) is 0 Å². The number of carbonyl (C=O) groups is 1. The van der Waals surface area contributed by atoms with Crippen molar-refractivity contribution in [1.82, 2.24) is 25.0 Å². The third-order valence-electron chi connectivity index (χ3n) is 9.72. The molecule has 2 aliphatic heterocycles. The average Bonchev–Trinajstić information content (AvgIpc) is 3.47. The molecule has 3 fully saturated rings. The zero-order chi connectivity index (χ0) is 30.8. The number of rotatable bonds is 6. The van der Waals surface area contributed by atoms with Gasteiger partial charge in [0, 0.05) is 67.7 Å². The quantitative estimate of drug-likeness (QED) is 0.359. The van der Waals surface area contributed by atoms with E-state index in [1.165, 1.54) is 12.1 Å². The van der Waals surface area contributed by atoms with Gasteiger partial charge in [-0.25, -0.2) is 13.6 Å². The van der Waals surface area contributed by atoms with Crippen LogP contribution in [0.4, 0.5) is 13.6 Å². The number of amides is 2. The summed E-state index contributed by atoms with van der Waals surface area (Å²) in [6.07, 6.45) is 5.48. The van der Waals surface area contributed by atoms with E-state index < -0.39 is 17.7 Å². The number of benzene rings is 2. The van der Waals surface area contributed by atoms with Crippen LogP contribution in [0.5, 0.6) is 0 Å². The van der Waals surface area contributed by atoms with Crippen molar-refractivity contribution in [1.29, 1.82) is 0 Å². The number of nitrogens with one attached hydrogen (secondary N) is 2. The maximum absolute atomic E-state index is 14.3. The molecule has 0 bridgehead atoms. The van der Waals surface area contributed by atoms with Crippen molar-refractivity contribution in [3.63, 3.8) is 0 Å². The van der Waals surface area contributed by atoms with Gasteiger partial charge >= 0.3 is 6.03 Å². The van der Waals surface area contributed by atoms with E-state index in [9.17, 15) is 18.4 Å². The number of nitrogens with zero attached hydrogens (tertiary/aromatic N) is 3. The van der Waals surface area contributed by atoms with Gasteiger partial charge in [0.2, 0.25) is 0 Å². The number of H-pyrrole nitrogens is 1. The molecule has 9 heteroatoms. The van der Waals surface area contributed by atoms with Crippen molar-refractivity contribution < 1.29 is 13.6 Å². The van der Waals surface area contributed by atoms with E-state index in [4.69, 9.17) is 0 Å². The second-order valence-corrected chi connectivity index (χ2v) is 13.1. The first-order chi connectivity index (χ1) is 21.2. The number of hydrogen-bond acceptors (Lipinski definition) is 4. The molecule has 2 aromatic carbocycles. The number of pyridine rings is 1. The molecular formula is C35H43F2N5O2. The fourth-order valence-corrected chi connectivity index (χ4v) is 7.63. The molecule has 7 nitrogen and oxygen atoms in total. The van der Waals surface area contributed by atoms with Gasteiger partial charge in [0.05, 0.1) is 6.04 Å². The van der Waals surface area contributed by atoms with Gasteiger partial charge in [-0.3, -0.25) is 9.69 Å². The van der Waals surface area contributed by atoms with Gasteiger partial charge in [0.1, 0.15) is 11.6 Å². The summed E-state index contributed by atoms with van der Waals surface area (Å²) >= 11 is 0. The number of aromatic amines is 1. The molecule has 3 aromatic rings. The minimum Gasteiger partial charge on any atom is -0.322 e. The monoisotopic (exact) mass is 603 g/mol. The fraction of sp³-hybridized carbons (Fsp3) is 0.486. The first kappa shape index (κ1) is 30.5. The zero-order valence-corrected chi connectivity index (χ0v) is 25.7. The molecule has 2 amide bonds. The van der Waals surface area contributed by atoms with E-state index in [0.717, 1.165) is 55.0 Å². The maximum atomic E-state index is 14.3. The molecule has 3 heterocycles. The summed E-state index contributed by atoms with van der Waals surface area (Å²) in [6, 6.07) is 17.3. The maximum Gasteiger partial charge on any atom is 0.320 e. The lowest BCUT2D eigenvalue weighted by atomic mass is 9.90. The normalized spacial score (nSPS) is 22.2. The molecule has 1 spiro atoms. The summed E-state index contributed by atoms with van der Waals surface area (Å²) in [5.74, 6) is -1.26. The second-order valence-electron chi connectivity index (χ2n) is 13.1. The van der Waals surface area contributed by atoms with Gasteiger partial charge in [-0.05, 0) is 55.0 Å². The Morgan fingerprint density at radius 3 is 2.41 bits per heavy atom. The largest absolute Gasteiger partial charge is 0.322 e. The number of carbonyl (C=O) groups excluding carboxylic acids is 1.